The van der Waals surface area contributed by atoms with Gasteiger partial charge in [-0.1, -0.05) is 349 Å². The summed E-state index contributed by atoms with van der Waals surface area (Å²) >= 11 is 0. The van der Waals surface area contributed by atoms with Crippen LogP contribution in [0.4, 0.5) is 0 Å². The molecule has 456 valence electrons. The van der Waals surface area contributed by atoms with Crippen LogP contribution in [0, 0.1) is 0 Å². The Morgan fingerprint density at radius 2 is 0.544 bits per heavy atom. The summed E-state index contributed by atoms with van der Waals surface area (Å²) < 4.78 is 10.7. The van der Waals surface area contributed by atoms with Gasteiger partial charge in [0.05, 0.1) is 6.61 Å². The molecule has 0 radical (unpaired) electrons. The summed E-state index contributed by atoms with van der Waals surface area (Å²) in [7, 11) is 0. The van der Waals surface area contributed by atoms with Crippen LogP contribution in [0.25, 0.3) is 0 Å². The minimum Gasteiger partial charge on any atom is -0.462 e. The minimum atomic E-state index is -0.786. The van der Waals surface area contributed by atoms with E-state index in [1.165, 1.54) is 218 Å². The molecule has 0 aromatic rings. The van der Waals surface area contributed by atoms with Crippen molar-refractivity contribution in [3.8, 4) is 0 Å². The third-order valence-corrected chi connectivity index (χ3v) is 15.1. The van der Waals surface area contributed by atoms with Crippen LogP contribution in [-0.4, -0.2) is 36.4 Å². The molecule has 5 nitrogen and oxygen atoms in total. The average Bonchev–Trinajstić information content (AvgIpc) is 3.45. The van der Waals surface area contributed by atoms with Gasteiger partial charge in [0.2, 0.25) is 0 Å². The van der Waals surface area contributed by atoms with Gasteiger partial charge >= 0.3 is 11.9 Å². The number of aliphatic hydroxyl groups excluding tert-OH is 1. The smallest absolute Gasteiger partial charge is 0.306 e. The van der Waals surface area contributed by atoms with Crippen molar-refractivity contribution in [1.29, 1.82) is 0 Å². The lowest BCUT2D eigenvalue weighted by atomic mass is 10.0. The molecule has 0 spiro atoms. The Bertz CT molecular complexity index is 1480. The van der Waals surface area contributed by atoms with Crippen LogP contribution in [0.5, 0.6) is 0 Å². The summed E-state index contributed by atoms with van der Waals surface area (Å²) in [5.74, 6) is -0.599. The van der Waals surface area contributed by atoms with Crippen molar-refractivity contribution in [3.63, 3.8) is 0 Å². The molecule has 0 amide bonds. The van der Waals surface area contributed by atoms with Crippen LogP contribution in [0.1, 0.15) is 341 Å². The van der Waals surface area contributed by atoms with Crippen molar-refractivity contribution in [3.05, 3.63) is 97.2 Å². The van der Waals surface area contributed by atoms with Crippen molar-refractivity contribution in [2.24, 2.45) is 0 Å². The number of allylic oxidation sites excluding steroid dienone is 16. The van der Waals surface area contributed by atoms with Crippen LogP contribution in [0.15, 0.2) is 97.2 Å². The predicted molar refractivity (Wildman–Crippen MR) is 348 cm³/mol. The van der Waals surface area contributed by atoms with E-state index in [0.29, 0.717) is 12.8 Å². The van der Waals surface area contributed by atoms with E-state index in [9.17, 15) is 14.7 Å². The van der Waals surface area contributed by atoms with Gasteiger partial charge in [0.15, 0.2) is 6.10 Å². The van der Waals surface area contributed by atoms with Gasteiger partial charge < -0.3 is 14.6 Å². The molecule has 0 bridgehead atoms. The zero-order valence-electron chi connectivity index (χ0n) is 52.4. The normalized spacial score (nSPS) is 12.8. The number of unbranched alkanes of at least 4 members (excludes halogenated alkanes) is 39. The van der Waals surface area contributed by atoms with Crippen molar-refractivity contribution in [2.45, 2.75) is 347 Å². The quantitative estimate of drug-likeness (QED) is 0.0373. The topological polar surface area (TPSA) is 72.8 Å². The monoisotopic (exact) mass is 1100 g/mol. The summed E-state index contributed by atoms with van der Waals surface area (Å²) in [5.41, 5.74) is 0. The van der Waals surface area contributed by atoms with Gasteiger partial charge in [-0.3, -0.25) is 9.59 Å². The molecule has 0 fully saturated rings. The van der Waals surface area contributed by atoms with E-state index < -0.39 is 6.10 Å². The second-order valence-electron chi connectivity index (χ2n) is 22.9. The number of carbonyl (C=O) groups is 2. The molecule has 0 saturated heterocycles. The highest BCUT2D eigenvalue weighted by Crippen LogP contribution is 2.18. The average molecular weight is 1100 g/mol. The lowest BCUT2D eigenvalue weighted by Gasteiger charge is -2.15. The number of ether oxygens (including phenoxy) is 2. The summed E-state index contributed by atoms with van der Waals surface area (Å²) in [6.07, 6.45) is 98.6. The molecule has 0 saturated carbocycles. The Morgan fingerprint density at radius 1 is 0.304 bits per heavy atom. The Kier molecular flexibility index (Phi) is 66.3. The van der Waals surface area contributed by atoms with Crippen LogP contribution in [0.3, 0.4) is 0 Å². The zero-order valence-corrected chi connectivity index (χ0v) is 52.4. The molecule has 0 aliphatic carbocycles. The van der Waals surface area contributed by atoms with Gasteiger partial charge in [-0.05, 0) is 77.0 Å². The molecule has 79 heavy (non-hydrogen) atoms. The molecule has 0 aromatic heterocycles. The minimum absolute atomic E-state index is 0.0736. The van der Waals surface area contributed by atoms with Crippen molar-refractivity contribution in [1.82, 2.24) is 0 Å². The van der Waals surface area contributed by atoms with Crippen LogP contribution in [-0.2, 0) is 19.1 Å². The molecule has 5 heteroatoms. The highest BCUT2D eigenvalue weighted by atomic mass is 16.6. The highest BCUT2D eigenvalue weighted by molar-refractivity contribution is 5.70. The maximum absolute atomic E-state index is 12.3. The Hall–Kier alpha value is -3.18. The SMILES string of the molecule is CC/C=C\C/C=C\C/C=C\C/C=C\C/C=C\C/C=C\C/C=C\C/C=C\CCCCCCCCC(=O)OC(CO)COC(=O)CCCCCCCCCCCCCCCCCCCCCCCCCCCCCCCCCCCC. The van der Waals surface area contributed by atoms with Gasteiger partial charge in [0, 0.05) is 12.8 Å². The van der Waals surface area contributed by atoms with Crippen LogP contribution < -0.4 is 0 Å². The first kappa shape index (κ1) is 75.8. The van der Waals surface area contributed by atoms with E-state index in [4.69, 9.17) is 9.47 Å². The van der Waals surface area contributed by atoms with E-state index in [0.717, 1.165) is 96.3 Å². The van der Waals surface area contributed by atoms with Gasteiger partial charge in [-0.25, -0.2) is 0 Å². The maximum atomic E-state index is 12.3. The second-order valence-corrected chi connectivity index (χ2v) is 22.9. The van der Waals surface area contributed by atoms with Gasteiger partial charge in [0.25, 0.3) is 0 Å². The molecule has 0 aromatic carbocycles. The van der Waals surface area contributed by atoms with E-state index >= 15 is 0 Å². The van der Waals surface area contributed by atoms with Crippen molar-refractivity contribution in [2.75, 3.05) is 13.2 Å². The first-order chi connectivity index (χ1) is 39.1. The number of aliphatic hydroxyl groups is 1. The lowest BCUT2D eigenvalue weighted by Crippen LogP contribution is -2.28. The number of carbonyl (C=O) groups excluding carboxylic acids is 2. The second kappa shape index (κ2) is 69.1. The molecule has 0 aliphatic rings. The first-order valence-corrected chi connectivity index (χ1v) is 34.3. The van der Waals surface area contributed by atoms with E-state index in [2.05, 4.69) is 111 Å². The predicted octanol–water partition coefficient (Wildman–Crippen LogP) is 23.8. The maximum Gasteiger partial charge on any atom is 0.306 e. The highest BCUT2D eigenvalue weighted by Gasteiger charge is 2.16. The molecule has 1 unspecified atom stereocenters. The van der Waals surface area contributed by atoms with Gasteiger partial charge in [-0.15, -0.1) is 0 Å². The number of hydrogen-bond acceptors (Lipinski definition) is 5. The summed E-state index contributed by atoms with van der Waals surface area (Å²) in [6, 6.07) is 0. The number of rotatable bonds is 63. The molecular formula is C74H130O5. The third-order valence-electron chi connectivity index (χ3n) is 15.1. The fourth-order valence-electron chi connectivity index (χ4n) is 10.0. The van der Waals surface area contributed by atoms with Crippen molar-refractivity contribution < 1.29 is 24.2 Å². The molecule has 0 heterocycles. The Balaban J connectivity index is 3.48. The first-order valence-electron chi connectivity index (χ1n) is 34.3. The fraction of sp³-hybridized carbons (Fsp3) is 0.757. The summed E-state index contributed by atoms with van der Waals surface area (Å²) in [6.45, 7) is 4.05. The Labute approximate surface area is 491 Å². The number of hydrogen-bond donors (Lipinski definition) is 1. The van der Waals surface area contributed by atoms with E-state index in [-0.39, 0.29) is 25.2 Å². The number of esters is 2. The van der Waals surface area contributed by atoms with Gasteiger partial charge in [-0.2, -0.15) is 0 Å². The Morgan fingerprint density at radius 3 is 0.823 bits per heavy atom. The molecule has 1 N–H and O–H groups in total. The van der Waals surface area contributed by atoms with Crippen LogP contribution in [0.2, 0.25) is 0 Å². The fourth-order valence-corrected chi connectivity index (χ4v) is 10.0. The van der Waals surface area contributed by atoms with E-state index in [1.54, 1.807) is 0 Å². The molecule has 0 rings (SSSR count). The summed E-state index contributed by atoms with van der Waals surface area (Å²) in [4.78, 5) is 24.6. The lowest BCUT2D eigenvalue weighted by molar-refractivity contribution is -0.161. The van der Waals surface area contributed by atoms with Gasteiger partial charge in [0.1, 0.15) is 6.61 Å². The van der Waals surface area contributed by atoms with E-state index in [1.807, 2.05) is 0 Å². The molecule has 0 aliphatic heterocycles. The third kappa shape index (κ3) is 67.2. The van der Waals surface area contributed by atoms with Crippen molar-refractivity contribution >= 4 is 11.9 Å². The molecular weight excluding hydrogens is 969 g/mol. The molecule has 1 atom stereocenters. The summed E-state index contributed by atoms with van der Waals surface area (Å²) in [5, 5.41) is 9.69. The largest absolute Gasteiger partial charge is 0.462 e. The standard InChI is InChI=1S/C74H130O5/c1-3-5-7-9-11-13-15-17-19-21-23-25-27-29-31-33-35-36-37-39-40-42-44-46-48-50-52-54-56-58-60-62-64-66-68-73(76)78-71-72(70-75)79-74(77)69-67-65-63-61-59-57-55-53-51-49-47-45-43-41-38-34-32-30-28-26-24-22-20-18-16-14-12-10-8-6-4-2/h6,8,12,14,18,20,24,26,30,32,38,41,45,47,51,53,72,75H,3-5,7,9-11,13,15-17,19,21-23,25,27-29,31,33-37,39-40,42-44,46,48-50,52,54-71H2,1-2H3/b8-6-,14-12-,20-18-,26-24-,32-30-,41-38-,47-45-,53-51-. The van der Waals surface area contributed by atoms with Crippen LogP contribution >= 0.6 is 0 Å². The zero-order chi connectivity index (χ0) is 56.9.